The molecule has 0 saturated heterocycles. The Kier molecular flexibility index (Phi) is 4.33. The zero-order valence-electron chi connectivity index (χ0n) is 11.5. The molecule has 0 bridgehead atoms. The van der Waals surface area contributed by atoms with Crippen molar-refractivity contribution in [3.8, 4) is 11.1 Å². The van der Waals surface area contributed by atoms with E-state index in [4.69, 9.17) is 11.5 Å². The van der Waals surface area contributed by atoms with E-state index in [-0.39, 0.29) is 5.69 Å². The third-order valence-corrected chi connectivity index (χ3v) is 3.16. The number of nitrogens with zero attached hydrogens (tertiary/aromatic N) is 1. The standard InChI is InChI=1S/C16H16FN3O/c1-2-3-4-14-15(16(19)21)12(7-8-20-14)11-6-5-10(17)9-13(11)18/h2,5-9H,1,3-4,18H2,(H2,19,21). The molecule has 0 aliphatic rings. The van der Waals surface area contributed by atoms with Crippen LogP contribution in [0, 0.1) is 5.82 Å². The highest BCUT2D eigenvalue weighted by Crippen LogP contribution is 2.30. The Labute approximate surface area is 122 Å². The average Bonchev–Trinajstić information content (AvgIpc) is 2.44. The van der Waals surface area contributed by atoms with Crippen LogP contribution in [0.5, 0.6) is 0 Å². The van der Waals surface area contributed by atoms with Crippen molar-refractivity contribution in [1.29, 1.82) is 0 Å². The van der Waals surface area contributed by atoms with Crippen LogP contribution < -0.4 is 11.5 Å². The lowest BCUT2D eigenvalue weighted by Gasteiger charge is -2.13. The molecule has 5 heteroatoms. The van der Waals surface area contributed by atoms with E-state index in [0.717, 1.165) is 0 Å². The molecule has 0 atom stereocenters. The number of carbonyl (C=O) groups is 1. The largest absolute Gasteiger partial charge is 0.398 e. The quantitative estimate of drug-likeness (QED) is 0.654. The van der Waals surface area contributed by atoms with Gasteiger partial charge in [0.05, 0.1) is 11.3 Å². The number of nitrogens with two attached hydrogens (primary N) is 2. The first-order chi connectivity index (χ1) is 10.0. The third-order valence-electron chi connectivity index (χ3n) is 3.16. The summed E-state index contributed by atoms with van der Waals surface area (Å²) in [5, 5.41) is 0. The lowest BCUT2D eigenvalue weighted by atomic mass is 9.95. The molecule has 1 heterocycles. The van der Waals surface area contributed by atoms with Gasteiger partial charge in [-0.3, -0.25) is 9.78 Å². The molecule has 1 amide bonds. The lowest BCUT2D eigenvalue weighted by molar-refractivity contribution is 0.0999. The summed E-state index contributed by atoms with van der Waals surface area (Å²) < 4.78 is 13.2. The summed E-state index contributed by atoms with van der Waals surface area (Å²) in [6, 6.07) is 5.69. The predicted molar refractivity (Wildman–Crippen MR) is 81.1 cm³/mol. The van der Waals surface area contributed by atoms with E-state index in [9.17, 15) is 9.18 Å². The molecule has 21 heavy (non-hydrogen) atoms. The first-order valence-electron chi connectivity index (χ1n) is 6.48. The number of pyridine rings is 1. The fourth-order valence-corrected chi connectivity index (χ4v) is 2.21. The van der Waals surface area contributed by atoms with Gasteiger partial charge in [0.2, 0.25) is 0 Å². The Morgan fingerprint density at radius 2 is 2.10 bits per heavy atom. The Bertz CT molecular complexity index is 698. The maximum absolute atomic E-state index is 13.2. The number of carbonyl (C=O) groups excluding carboxylic acids is 1. The van der Waals surface area contributed by atoms with Gasteiger partial charge in [-0.15, -0.1) is 6.58 Å². The molecule has 0 radical (unpaired) electrons. The summed E-state index contributed by atoms with van der Waals surface area (Å²) >= 11 is 0. The first-order valence-corrected chi connectivity index (χ1v) is 6.48. The van der Waals surface area contributed by atoms with Gasteiger partial charge in [-0.25, -0.2) is 4.39 Å². The van der Waals surface area contributed by atoms with Crippen molar-refractivity contribution < 1.29 is 9.18 Å². The highest BCUT2D eigenvalue weighted by Gasteiger charge is 2.17. The Morgan fingerprint density at radius 1 is 1.33 bits per heavy atom. The van der Waals surface area contributed by atoms with Crippen LogP contribution in [0.1, 0.15) is 22.5 Å². The third kappa shape index (κ3) is 3.08. The molecule has 108 valence electrons. The smallest absolute Gasteiger partial charge is 0.251 e. The normalized spacial score (nSPS) is 10.3. The number of allylic oxidation sites excluding steroid dienone is 1. The van der Waals surface area contributed by atoms with E-state index in [1.54, 1.807) is 18.3 Å². The molecule has 4 N–H and O–H groups in total. The molecule has 0 aliphatic carbocycles. The number of hydrogen-bond donors (Lipinski definition) is 2. The van der Waals surface area contributed by atoms with Gasteiger partial charge in [0.15, 0.2) is 0 Å². The van der Waals surface area contributed by atoms with Crippen molar-refractivity contribution in [2.75, 3.05) is 5.73 Å². The summed E-state index contributed by atoms with van der Waals surface area (Å²) in [5.41, 5.74) is 13.6. The number of benzene rings is 1. The second kappa shape index (κ2) is 6.17. The Morgan fingerprint density at radius 3 is 2.71 bits per heavy atom. The monoisotopic (exact) mass is 285 g/mol. The van der Waals surface area contributed by atoms with E-state index in [2.05, 4.69) is 11.6 Å². The first kappa shape index (κ1) is 14.7. The van der Waals surface area contributed by atoms with E-state index in [0.29, 0.717) is 35.2 Å². The molecular formula is C16H16FN3O. The fourth-order valence-electron chi connectivity index (χ4n) is 2.21. The number of anilines is 1. The van der Waals surface area contributed by atoms with Crippen LogP contribution in [0.2, 0.25) is 0 Å². The number of hydrogen-bond acceptors (Lipinski definition) is 3. The summed E-state index contributed by atoms with van der Waals surface area (Å²) in [7, 11) is 0. The van der Waals surface area contributed by atoms with Crippen LogP contribution in [0.15, 0.2) is 43.1 Å². The number of aryl methyl sites for hydroxylation is 1. The SMILES string of the molecule is C=CCCc1nccc(-c2ccc(F)cc2N)c1C(N)=O. The van der Waals surface area contributed by atoms with E-state index in [1.165, 1.54) is 18.2 Å². The highest BCUT2D eigenvalue weighted by atomic mass is 19.1. The van der Waals surface area contributed by atoms with Crippen molar-refractivity contribution in [2.24, 2.45) is 5.73 Å². The van der Waals surface area contributed by atoms with Crippen LogP contribution in [0.25, 0.3) is 11.1 Å². The Balaban J connectivity index is 2.62. The zero-order chi connectivity index (χ0) is 15.4. The van der Waals surface area contributed by atoms with Crippen molar-refractivity contribution in [1.82, 2.24) is 4.98 Å². The van der Waals surface area contributed by atoms with E-state index >= 15 is 0 Å². The molecule has 0 spiro atoms. The zero-order valence-corrected chi connectivity index (χ0v) is 11.5. The second-order valence-corrected chi connectivity index (χ2v) is 4.60. The summed E-state index contributed by atoms with van der Waals surface area (Å²) in [4.78, 5) is 16.0. The van der Waals surface area contributed by atoms with Crippen LogP contribution in [0.3, 0.4) is 0 Å². The summed E-state index contributed by atoms with van der Waals surface area (Å²) in [6.07, 6.45) is 4.56. The summed E-state index contributed by atoms with van der Waals surface area (Å²) in [6.45, 7) is 3.65. The number of primary amides is 1. The van der Waals surface area contributed by atoms with Gasteiger partial charge >= 0.3 is 0 Å². The molecule has 1 aromatic heterocycles. The van der Waals surface area contributed by atoms with Gasteiger partial charge in [-0.05, 0) is 42.7 Å². The van der Waals surface area contributed by atoms with Crippen molar-refractivity contribution in [3.63, 3.8) is 0 Å². The molecule has 0 fully saturated rings. The second-order valence-electron chi connectivity index (χ2n) is 4.60. The van der Waals surface area contributed by atoms with Crippen LogP contribution in [-0.4, -0.2) is 10.9 Å². The Hall–Kier alpha value is -2.69. The minimum atomic E-state index is -0.583. The predicted octanol–water partition coefficient (Wildman–Crippen LogP) is 2.69. The number of rotatable bonds is 5. The highest BCUT2D eigenvalue weighted by molar-refractivity contribution is 6.02. The number of amides is 1. The molecule has 0 saturated carbocycles. The fraction of sp³-hybridized carbons (Fsp3) is 0.125. The number of aromatic nitrogens is 1. The van der Waals surface area contributed by atoms with Crippen molar-refractivity contribution in [3.05, 3.63) is 60.2 Å². The minimum absolute atomic E-state index is 0.248. The minimum Gasteiger partial charge on any atom is -0.398 e. The van der Waals surface area contributed by atoms with Gasteiger partial charge < -0.3 is 11.5 Å². The summed E-state index contributed by atoms with van der Waals surface area (Å²) in [5.74, 6) is -1.02. The van der Waals surface area contributed by atoms with Crippen molar-refractivity contribution >= 4 is 11.6 Å². The van der Waals surface area contributed by atoms with Gasteiger partial charge in [0.25, 0.3) is 5.91 Å². The number of nitrogen functional groups attached to an aromatic ring is 1. The molecule has 2 rings (SSSR count). The van der Waals surface area contributed by atoms with Gasteiger partial charge in [0, 0.05) is 17.4 Å². The van der Waals surface area contributed by atoms with Crippen LogP contribution in [0.4, 0.5) is 10.1 Å². The topological polar surface area (TPSA) is 82.0 Å². The molecule has 2 aromatic rings. The molecule has 0 unspecified atom stereocenters. The van der Waals surface area contributed by atoms with Gasteiger partial charge in [0.1, 0.15) is 5.82 Å². The molecule has 1 aromatic carbocycles. The van der Waals surface area contributed by atoms with Crippen molar-refractivity contribution in [2.45, 2.75) is 12.8 Å². The van der Waals surface area contributed by atoms with Crippen LogP contribution in [-0.2, 0) is 6.42 Å². The van der Waals surface area contributed by atoms with Gasteiger partial charge in [-0.2, -0.15) is 0 Å². The van der Waals surface area contributed by atoms with E-state index in [1.807, 2.05) is 0 Å². The molecule has 4 nitrogen and oxygen atoms in total. The maximum Gasteiger partial charge on any atom is 0.251 e. The number of halogens is 1. The molecule has 0 aliphatic heterocycles. The average molecular weight is 285 g/mol. The van der Waals surface area contributed by atoms with E-state index < -0.39 is 11.7 Å². The van der Waals surface area contributed by atoms with Crippen LogP contribution >= 0.6 is 0 Å². The molecular weight excluding hydrogens is 269 g/mol. The maximum atomic E-state index is 13.2. The lowest BCUT2D eigenvalue weighted by Crippen LogP contribution is -2.16. The van der Waals surface area contributed by atoms with Gasteiger partial charge in [-0.1, -0.05) is 6.08 Å².